The summed E-state index contributed by atoms with van der Waals surface area (Å²) in [5.41, 5.74) is -0.201. The van der Waals surface area contributed by atoms with Gasteiger partial charge in [-0.3, -0.25) is 10.1 Å². The summed E-state index contributed by atoms with van der Waals surface area (Å²) in [6.07, 6.45) is -1.60. The monoisotopic (exact) mass is 338 g/mol. The standard InChI is InChI=1S/C16H16F2N2O4/c1-19(2)10-6-7-13(20(22)23)15(8-10)24-9-14(21)16-11(17)4-3-5-12(16)18/h3-8,14,21H,9H2,1-2H3. The fraction of sp³-hybridized carbons (Fsp3) is 0.250. The molecule has 2 aromatic rings. The molecule has 2 aromatic carbocycles. The Hall–Kier alpha value is -2.74. The second-order valence-corrected chi connectivity index (χ2v) is 5.27. The highest BCUT2D eigenvalue weighted by Crippen LogP contribution is 2.32. The topological polar surface area (TPSA) is 75.8 Å². The van der Waals surface area contributed by atoms with E-state index in [4.69, 9.17) is 4.74 Å². The Bertz CT molecular complexity index is 733. The maximum absolute atomic E-state index is 13.6. The van der Waals surface area contributed by atoms with E-state index in [0.717, 1.165) is 12.1 Å². The zero-order valence-corrected chi connectivity index (χ0v) is 13.1. The lowest BCUT2D eigenvalue weighted by Crippen LogP contribution is -2.14. The van der Waals surface area contributed by atoms with Crippen molar-refractivity contribution in [2.24, 2.45) is 0 Å². The summed E-state index contributed by atoms with van der Waals surface area (Å²) in [6, 6.07) is 7.42. The third-order valence-electron chi connectivity index (χ3n) is 3.39. The van der Waals surface area contributed by atoms with Gasteiger partial charge in [0.25, 0.3) is 0 Å². The fourth-order valence-electron chi connectivity index (χ4n) is 2.13. The first kappa shape index (κ1) is 17.6. The number of hydrogen-bond acceptors (Lipinski definition) is 5. The highest BCUT2D eigenvalue weighted by Gasteiger charge is 2.21. The van der Waals surface area contributed by atoms with Crippen molar-refractivity contribution in [1.82, 2.24) is 0 Å². The SMILES string of the molecule is CN(C)c1ccc([N+](=O)[O-])c(OCC(O)c2c(F)cccc2F)c1. The van der Waals surface area contributed by atoms with Crippen molar-refractivity contribution in [3.63, 3.8) is 0 Å². The molecule has 0 fully saturated rings. The predicted molar refractivity (Wildman–Crippen MR) is 84.2 cm³/mol. The number of ether oxygens (including phenoxy) is 1. The molecule has 1 atom stereocenters. The van der Waals surface area contributed by atoms with Crippen LogP contribution in [0.1, 0.15) is 11.7 Å². The van der Waals surface area contributed by atoms with Crippen molar-refractivity contribution in [2.75, 3.05) is 25.6 Å². The van der Waals surface area contributed by atoms with E-state index in [-0.39, 0.29) is 11.4 Å². The Morgan fingerprint density at radius 1 is 1.25 bits per heavy atom. The van der Waals surface area contributed by atoms with E-state index in [0.29, 0.717) is 5.69 Å². The summed E-state index contributed by atoms with van der Waals surface area (Å²) >= 11 is 0. The van der Waals surface area contributed by atoms with Crippen molar-refractivity contribution >= 4 is 11.4 Å². The number of nitro benzene ring substituents is 1. The largest absolute Gasteiger partial charge is 0.484 e. The summed E-state index contributed by atoms with van der Waals surface area (Å²) in [5, 5.41) is 21.0. The second-order valence-electron chi connectivity index (χ2n) is 5.27. The van der Waals surface area contributed by atoms with Crippen molar-refractivity contribution in [2.45, 2.75) is 6.10 Å². The molecule has 0 aromatic heterocycles. The average molecular weight is 338 g/mol. The number of nitro groups is 1. The van der Waals surface area contributed by atoms with E-state index in [1.807, 2.05) is 0 Å². The zero-order valence-electron chi connectivity index (χ0n) is 13.1. The average Bonchev–Trinajstić information content (AvgIpc) is 2.52. The lowest BCUT2D eigenvalue weighted by Gasteiger charge is -2.16. The number of hydrogen-bond donors (Lipinski definition) is 1. The van der Waals surface area contributed by atoms with Crippen LogP contribution < -0.4 is 9.64 Å². The van der Waals surface area contributed by atoms with Gasteiger partial charge in [0.15, 0.2) is 5.75 Å². The molecule has 0 aliphatic heterocycles. The van der Waals surface area contributed by atoms with Crippen LogP contribution in [0.5, 0.6) is 5.75 Å². The first-order valence-electron chi connectivity index (χ1n) is 7.01. The van der Waals surface area contributed by atoms with Crippen LogP contribution in [0.25, 0.3) is 0 Å². The minimum absolute atomic E-state index is 0.0954. The summed E-state index contributed by atoms with van der Waals surface area (Å²) < 4.78 is 32.5. The third-order valence-corrected chi connectivity index (χ3v) is 3.39. The van der Waals surface area contributed by atoms with E-state index in [1.165, 1.54) is 24.3 Å². The smallest absolute Gasteiger partial charge is 0.311 e. The quantitative estimate of drug-likeness (QED) is 0.647. The Balaban J connectivity index is 2.24. The molecule has 128 valence electrons. The van der Waals surface area contributed by atoms with Gasteiger partial charge >= 0.3 is 5.69 Å². The zero-order chi connectivity index (χ0) is 17.9. The molecule has 0 saturated carbocycles. The molecule has 8 heteroatoms. The Morgan fingerprint density at radius 3 is 2.42 bits per heavy atom. The van der Waals surface area contributed by atoms with Gasteiger partial charge < -0.3 is 14.7 Å². The molecule has 1 unspecified atom stereocenters. The van der Waals surface area contributed by atoms with Crippen molar-refractivity contribution in [1.29, 1.82) is 0 Å². The second kappa shape index (κ2) is 7.22. The molecule has 0 spiro atoms. The Kier molecular flexibility index (Phi) is 5.30. The number of aliphatic hydroxyl groups is 1. The lowest BCUT2D eigenvalue weighted by atomic mass is 10.1. The molecule has 6 nitrogen and oxygen atoms in total. The van der Waals surface area contributed by atoms with Gasteiger partial charge in [-0.25, -0.2) is 8.78 Å². The molecule has 0 aliphatic rings. The van der Waals surface area contributed by atoms with Crippen LogP contribution in [-0.2, 0) is 0 Å². The lowest BCUT2D eigenvalue weighted by molar-refractivity contribution is -0.385. The van der Waals surface area contributed by atoms with E-state index in [2.05, 4.69) is 0 Å². The molecule has 24 heavy (non-hydrogen) atoms. The molecular weight excluding hydrogens is 322 g/mol. The van der Waals surface area contributed by atoms with Crippen LogP contribution in [0.15, 0.2) is 36.4 Å². The summed E-state index contributed by atoms with van der Waals surface area (Å²) in [6.45, 7) is -0.532. The van der Waals surface area contributed by atoms with Crippen LogP contribution >= 0.6 is 0 Å². The minimum Gasteiger partial charge on any atom is -0.484 e. The van der Waals surface area contributed by atoms with Gasteiger partial charge in [0.05, 0.1) is 10.5 Å². The van der Waals surface area contributed by atoms with Gasteiger partial charge in [0.2, 0.25) is 0 Å². The number of benzene rings is 2. The number of nitrogens with zero attached hydrogens (tertiary/aromatic N) is 2. The van der Waals surface area contributed by atoms with Crippen LogP contribution in [0, 0.1) is 21.7 Å². The predicted octanol–water partition coefficient (Wildman–Crippen LogP) is 3.05. The van der Waals surface area contributed by atoms with Gasteiger partial charge in [-0.15, -0.1) is 0 Å². The maximum atomic E-state index is 13.6. The van der Waals surface area contributed by atoms with Crippen molar-refractivity contribution in [3.05, 3.63) is 63.7 Å². The van der Waals surface area contributed by atoms with Gasteiger partial charge in [-0.1, -0.05) is 6.07 Å². The van der Waals surface area contributed by atoms with Crippen LogP contribution in [0.3, 0.4) is 0 Å². The molecule has 0 saturated heterocycles. The van der Waals surface area contributed by atoms with Gasteiger partial charge in [-0.2, -0.15) is 0 Å². The van der Waals surface area contributed by atoms with E-state index in [1.54, 1.807) is 19.0 Å². The molecule has 2 rings (SSSR count). The molecule has 0 amide bonds. The first-order valence-corrected chi connectivity index (χ1v) is 7.01. The normalized spacial score (nSPS) is 11.9. The molecule has 0 heterocycles. The fourth-order valence-corrected chi connectivity index (χ4v) is 2.13. The summed E-state index contributed by atoms with van der Waals surface area (Å²) in [4.78, 5) is 12.1. The molecular formula is C16H16F2N2O4. The minimum atomic E-state index is -1.60. The molecule has 1 N–H and O–H groups in total. The Morgan fingerprint density at radius 2 is 1.88 bits per heavy atom. The van der Waals surface area contributed by atoms with Gasteiger partial charge in [-0.05, 0) is 18.2 Å². The highest BCUT2D eigenvalue weighted by molar-refractivity contribution is 5.58. The highest BCUT2D eigenvalue weighted by atomic mass is 19.1. The molecule has 0 aliphatic carbocycles. The van der Waals surface area contributed by atoms with Crippen LogP contribution in [0.2, 0.25) is 0 Å². The van der Waals surface area contributed by atoms with Gasteiger partial charge in [0.1, 0.15) is 24.3 Å². The van der Waals surface area contributed by atoms with Crippen LogP contribution in [-0.4, -0.2) is 30.7 Å². The summed E-state index contributed by atoms with van der Waals surface area (Å²) in [7, 11) is 3.49. The van der Waals surface area contributed by atoms with Crippen LogP contribution in [0.4, 0.5) is 20.2 Å². The third kappa shape index (κ3) is 3.77. The van der Waals surface area contributed by atoms with Crippen molar-refractivity contribution in [3.8, 4) is 5.75 Å². The number of halogens is 2. The van der Waals surface area contributed by atoms with E-state index < -0.39 is 34.8 Å². The summed E-state index contributed by atoms with van der Waals surface area (Å²) in [5.74, 6) is -1.92. The number of anilines is 1. The molecule has 0 bridgehead atoms. The maximum Gasteiger partial charge on any atom is 0.311 e. The Labute approximate surface area is 137 Å². The van der Waals surface area contributed by atoms with Crippen molar-refractivity contribution < 1.29 is 23.5 Å². The number of aliphatic hydroxyl groups excluding tert-OH is 1. The molecule has 0 radical (unpaired) electrons. The number of rotatable bonds is 6. The first-order chi connectivity index (χ1) is 11.3. The van der Waals surface area contributed by atoms with E-state index >= 15 is 0 Å². The van der Waals surface area contributed by atoms with E-state index in [9.17, 15) is 24.0 Å². The van der Waals surface area contributed by atoms with Gasteiger partial charge in [0, 0.05) is 31.9 Å².